The van der Waals surface area contributed by atoms with E-state index in [9.17, 15) is 5.11 Å². The molecular formula is C25H31N5O2S. The maximum atomic E-state index is 9.62. The summed E-state index contributed by atoms with van der Waals surface area (Å²) >= 11 is 1.90. The number of morpholine rings is 1. The summed E-state index contributed by atoms with van der Waals surface area (Å²) in [5.41, 5.74) is 2.68. The molecule has 2 saturated heterocycles. The van der Waals surface area contributed by atoms with E-state index in [0.717, 1.165) is 77.1 Å². The van der Waals surface area contributed by atoms with E-state index in [1.807, 2.05) is 23.5 Å². The second kappa shape index (κ2) is 9.08. The van der Waals surface area contributed by atoms with Crippen LogP contribution in [-0.4, -0.2) is 72.5 Å². The third kappa shape index (κ3) is 4.27. The van der Waals surface area contributed by atoms with Crippen LogP contribution in [0.5, 0.6) is 5.75 Å². The van der Waals surface area contributed by atoms with Gasteiger partial charge in [0, 0.05) is 49.8 Å². The second-order valence-corrected chi connectivity index (χ2v) is 10.3. The van der Waals surface area contributed by atoms with Gasteiger partial charge in [0.25, 0.3) is 0 Å². The maximum Gasteiger partial charge on any atom is 0.146 e. The average Bonchev–Trinajstić information content (AvgIpc) is 3.23. The van der Waals surface area contributed by atoms with Crippen LogP contribution in [0.15, 0.2) is 24.3 Å². The lowest BCUT2D eigenvalue weighted by molar-refractivity contribution is 0.0331. The number of piperazine rings is 1. The van der Waals surface area contributed by atoms with Crippen molar-refractivity contribution in [3.63, 3.8) is 0 Å². The van der Waals surface area contributed by atoms with Crippen molar-refractivity contribution in [2.45, 2.75) is 32.2 Å². The Bertz CT molecular complexity index is 1120. The Morgan fingerprint density at radius 1 is 0.879 bits per heavy atom. The van der Waals surface area contributed by atoms with Crippen LogP contribution in [0.2, 0.25) is 0 Å². The van der Waals surface area contributed by atoms with Crippen molar-refractivity contribution in [1.29, 1.82) is 0 Å². The van der Waals surface area contributed by atoms with Gasteiger partial charge in [-0.1, -0.05) is 0 Å². The SMILES string of the molecule is Oc1ccc(N2CCN(c3nc(CN4CCOCC4)nc4sc5c(c34)CCCC5)CC2)cc1. The van der Waals surface area contributed by atoms with Crippen LogP contribution in [0, 0.1) is 0 Å². The van der Waals surface area contributed by atoms with E-state index in [0.29, 0.717) is 5.75 Å². The van der Waals surface area contributed by atoms with E-state index in [4.69, 9.17) is 14.7 Å². The first-order valence-corrected chi connectivity index (χ1v) is 13.0. The van der Waals surface area contributed by atoms with Gasteiger partial charge in [-0.05, 0) is 55.5 Å². The summed E-state index contributed by atoms with van der Waals surface area (Å²) in [5, 5.41) is 10.9. The lowest BCUT2D eigenvalue weighted by Gasteiger charge is -2.37. The highest BCUT2D eigenvalue weighted by molar-refractivity contribution is 7.19. The first-order chi connectivity index (χ1) is 16.2. The molecule has 6 rings (SSSR count). The van der Waals surface area contributed by atoms with Crippen LogP contribution in [-0.2, 0) is 24.1 Å². The van der Waals surface area contributed by atoms with Crippen LogP contribution < -0.4 is 9.80 Å². The van der Waals surface area contributed by atoms with E-state index >= 15 is 0 Å². The minimum absolute atomic E-state index is 0.316. The topological polar surface area (TPSA) is 65.0 Å². The number of aromatic nitrogens is 2. The normalized spacial score (nSPS) is 19.8. The predicted molar refractivity (Wildman–Crippen MR) is 133 cm³/mol. The summed E-state index contributed by atoms with van der Waals surface area (Å²) in [7, 11) is 0. The molecule has 4 heterocycles. The number of fused-ring (bicyclic) bond motifs is 3. The monoisotopic (exact) mass is 465 g/mol. The van der Waals surface area contributed by atoms with Crippen molar-refractivity contribution in [3.8, 4) is 5.75 Å². The molecule has 0 atom stereocenters. The third-order valence-electron chi connectivity index (χ3n) is 7.10. The molecule has 2 aromatic heterocycles. The molecule has 3 aromatic rings. The predicted octanol–water partition coefficient (Wildman–Crippen LogP) is 3.43. The summed E-state index contributed by atoms with van der Waals surface area (Å²) in [6.45, 7) is 8.05. The number of rotatable bonds is 4. The first kappa shape index (κ1) is 21.1. The lowest BCUT2D eigenvalue weighted by Crippen LogP contribution is -2.47. The molecule has 1 N–H and O–H groups in total. The maximum absolute atomic E-state index is 9.62. The van der Waals surface area contributed by atoms with Crippen LogP contribution in [0.4, 0.5) is 11.5 Å². The Morgan fingerprint density at radius 2 is 1.61 bits per heavy atom. The van der Waals surface area contributed by atoms with Gasteiger partial charge in [0.15, 0.2) is 0 Å². The largest absolute Gasteiger partial charge is 0.508 e. The second-order valence-electron chi connectivity index (χ2n) is 9.23. The van der Waals surface area contributed by atoms with Crippen LogP contribution in [0.1, 0.15) is 29.1 Å². The molecule has 1 aromatic carbocycles. The summed E-state index contributed by atoms with van der Waals surface area (Å²) in [6, 6.07) is 7.55. The molecule has 0 spiro atoms. The summed E-state index contributed by atoms with van der Waals surface area (Å²) in [6.07, 6.45) is 4.89. The van der Waals surface area contributed by atoms with E-state index in [-0.39, 0.29) is 0 Å². The van der Waals surface area contributed by atoms with E-state index < -0.39 is 0 Å². The number of ether oxygens (including phenoxy) is 1. The fourth-order valence-electron chi connectivity index (χ4n) is 5.28. The molecule has 0 radical (unpaired) electrons. The smallest absolute Gasteiger partial charge is 0.146 e. The van der Waals surface area contributed by atoms with E-state index in [2.05, 4.69) is 14.7 Å². The molecule has 33 heavy (non-hydrogen) atoms. The molecule has 2 aliphatic heterocycles. The molecule has 8 heteroatoms. The Balaban J connectivity index is 1.30. The zero-order chi connectivity index (χ0) is 22.2. The minimum atomic E-state index is 0.316. The number of thiophene rings is 1. The zero-order valence-corrected chi connectivity index (χ0v) is 19.8. The number of aromatic hydroxyl groups is 1. The fraction of sp³-hybridized carbons (Fsp3) is 0.520. The number of hydrogen-bond acceptors (Lipinski definition) is 8. The highest BCUT2D eigenvalue weighted by atomic mass is 32.1. The molecule has 1 aliphatic carbocycles. The molecule has 0 bridgehead atoms. The van der Waals surface area contributed by atoms with Gasteiger partial charge in [-0.2, -0.15) is 0 Å². The number of anilines is 2. The summed E-state index contributed by atoms with van der Waals surface area (Å²) in [5.74, 6) is 2.41. The van der Waals surface area contributed by atoms with Gasteiger partial charge in [0.05, 0.1) is 25.1 Å². The number of aryl methyl sites for hydroxylation is 2. The molecule has 2 fully saturated rings. The molecule has 3 aliphatic rings. The highest BCUT2D eigenvalue weighted by Gasteiger charge is 2.27. The highest BCUT2D eigenvalue weighted by Crippen LogP contribution is 2.40. The third-order valence-corrected chi connectivity index (χ3v) is 8.29. The Morgan fingerprint density at radius 3 is 2.39 bits per heavy atom. The van der Waals surface area contributed by atoms with Crippen molar-refractivity contribution in [1.82, 2.24) is 14.9 Å². The van der Waals surface area contributed by atoms with E-state index in [1.165, 1.54) is 45.6 Å². The van der Waals surface area contributed by atoms with Gasteiger partial charge in [0.1, 0.15) is 22.2 Å². The number of benzene rings is 1. The van der Waals surface area contributed by atoms with Gasteiger partial charge in [-0.15, -0.1) is 11.3 Å². The molecule has 7 nitrogen and oxygen atoms in total. The van der Waals surface area contributed by atoms with Gasteiger partial charge in [0.2, 0.25) is 0 Å². The van der Waals surface area contributed by atoms with Gasteiger partial charge in [-0.25, -0.2) is 9.97 Å². The van der Waals surface area contributed by atoms with Gasteiger partial charge < -0.3 is 19.6 Å². The minimum Gasteiger partial charge on any atom is -0.508 e. The Kier molecular flexibility index (Phi) is 5.82. The molecule has 174 valence electrons. The van der Waals surface area contributed by atoms with Crippen LogP contribution >= 0.6 is 11.3 Å². The zero-order valence-electron chi connectivity index (χ0n) is 19.0. The lowest BCUT2D eigenvalue weighted by atomic mass is 9.97. The van der Waals surface area contributed by atoms with Crippen LogP contribution in [0.25, 0.3) is 10.2 Å². The van der Waals surface area contributed by atoms with Gasteiger partial charge >= 0.3 is 0 Å². The molecule has 0 saturated carbocycles. The molecule has 0 unspecified atom stereocenters. The fourth-order valence-corrected chi connectivity index (χ4v) is 6.55. The van der Waals surface area contributed by atoms with Gasteiger partial charge in [-0.3, -0.25) is 4.90 Å². The Labute approximate surface area is 198 Å². The quantitative estimate of drug-likeness (QED) is 0.633. The average molecular weight is 466 g/mol. The number of phenols is 1. The number of nitrogens with zero attached hydrogens (tertiary/aromatic N) is 5. The molecule has 0 amide bonds. The number of phenolic OH excluding ortho intramolecular Hbond substituents is 1. The number of hydrogen-bond donors (Lipinski definition) is 1. The summed E-state index contributed by atoms with van der Waals surface area (Å²) < 4.78 is 5.53. The standard InChI is InChI=1S/C25H31N5O2S/c31-19-7-5-18(6-8-19)29-9-11-30(12-10-29)24-23-20-3-1-2-4-21(20)33-25(23)27-22(26-24)17-28-13-15-32-16-14-28/h5-8,31H,1-4,9-17H2. The Hall–Kier alpha value is -2.42. The van der Waals surface area contributed by atoms with Crippen molar-refractivity contribution in [2.24, 2.45) is 0 Å². The van der Waals surface area contributed by atoms with E-state index in [1.54, 1.807) is 12.1 Å². The van der Waals surface area contributed by atoms with Crippen molar-refractivity contribution < 1.29 is 9.84 Å². The van der Waals surface area contributed by atoms with Crippen LogP contribution in [0.3, 0.4) is 0 Å². The van der Waals surface area contributed by atoms with Crippen molar-refractivity contribution in [3.05, 3.63) is 40.5 Å². The summed E-state index contributed by atoms with van der Waals surface area (Å²) in [4.78, 5) is 20.2. The van der Waals surface area contributed by atoms with Crippen molar-refractivity contribution in [2.75, 3.05) is 62.3 Å². The van der Waals surface area contributed by atoms with Crippen molar-refractivity contribution >= 4 is 33.1 Å². The molecular weight excluding hydrogens is 434 g/mol. The first-order valence-electron chi connectivity index (χ1n) is 12.1.